The fourth-order valence-corrected chi connectivity index (χ4v) is 2.86. The topological polar surface area (TPSA) is 50.2 Å². The number of hydrogen-bond acceptors (Lipinski definition) is 2. The van der Waals surface area contributed by atoms with E-state index in [1.165, 1.54) is 0 Å². The van der Waals surface area contributed by atoms with Gasteiger partial charge in [0.25, 0.3) is 0 Å². The van der Waals surface area contributed by atoms with Gasteiger partial charge in [-0.25, -0.2) is 0 Å². The molecule has 1 heterocycles. The number of nitrogens with zero attached hydrogens (tertiary/aromatic N) is 1. The van der Waals surface area contributed by atoms with Crippen molar-refractivity contribution >= 4 is 37.8 Å². The molecule has 0 saturated heterocycles. The molecule has 98 valence electrons. The molecule has 0 fully saturated rings. The summed E-state index contributed by atoms with van der Waals surface area (Å²) in [6.45, 7) is 0. The summed E-state index contributed by atoms with van der Waals surface area (Å²) >= 11 is 6.75. The van der Waals surface area contributed by atoms with Gasteiger partial charge < -0.3 is 5.11 Å². The quantitative estimate of drug-likeness (QED) is 0.866. The Kier molecular flexibility index (Phi) is 4.71. The standard InChI is InChI=1S/C14H11Br2NO2/c15-10-5-9(7-17-8-10)6-12(14(18)19)11-3-1-2-4-13(11)16/h1-5,7-8,12H,6H2,(H,18,19). The zero-order chi connectivity index (χ0) is 13.8. The van der Waals surface area contributed by atoms with Crippen molar-refractivity contribution in [3.63, 3.8) is 0 Å². The van der Waals surface area contributed by atoms with Crippen LogP contribution in [0.4, 0.5) is 0 Å². The first-order valence-electron chi connectivity index (χ1n) is 5.64. The average Bonchev–Trinajstić information content (AvgIpc) is 2.37. The summed E-state index contributed by atoms with van der Waals surface area (Å²) in [5.41, 5.74) is 1.66. The lowest BCUT2D eigenvalue weighted by atomic mass is 9.93. The van der Waals surface area contributed by atoms with E-state index in [1.54, 1.807) is 12.4 Å². The third-order valence-electron chi connectivity index (χ3n) is 2.78. The van der Waals surface area contributed by atoms with Crippen molar-refractivity contribution in [1.82, 2.24) is 4.98 Å². The first-order chi connectivity index (χ1) is 9.08. The van der Waals surface area contributed by atoms with Gasteiger partial charge in [0.15, 0.2) is 0 Å². The number of carboxylic acids is 1. The lowest BCUT2D eigenvalue weighted by Gasteiger charge is -2.14. The summed E-state index contributed by atoms with van der Waals surface area (Å²) in [5.74, 6) is -1.43. The van der Waals surface area contributed by atoms with Crippen molar-refractivity contribution in [2.45, 2.75) is 12.3 Å². The van der Waals surface area contributed by atoms with Crippen molar-refractivity contribution in [2.75, 3.05) is 0 Å². The molecule has 1 aromatic carbocycles. The molecule has 1 aromatic heterocycles. The molecule has 1 unspecified atom stereocenters. The molecule has 0 amide bonds. The van der Waals surface area contributed by atoms with Gasteiger partial charge in [-0.1, -0.05) is 34.1 Å². The van der Waals surface area contributed by atoms with E-state index in [0.29, 0.717) is 6.42 Å². The fraction of sp³-hybridized carbons (Fsp3) is 0.143. The summed E-state index contributed by atoms with van der Waals surface area (Å²) < 4.78 is 1.66. The van der Waals surface area contributed by atoms with Crippen LogP contribution in [0.3, 0.4) is 0 Å². The molecule has 0 spiro atoms. The molecule has 5 heteroatoms. The van der Waals surface area contributed by atoms with Gasteiger partial charge >= 0.3 is 5.97 Å². The number of aliphatic carboxylic acids is 1. The highest BCUT2D eigenvalue weighted by Crippen LogP contribution is 2.28. The summed E-state index contributed by atoms with van der Waals surface area (Å²) in [6, 6.07) is 9.28. The maximum absolute atomic E-state index is 11.5. The Bertz CT molecular complexity index is 602. The van der Waals surface area contributed by atoms with Crippen LogP contribution in [-0.4, -0.2) is 16.1 Å². The summed E-state index contributed by atoms with van der Waals surface area (Å²) in [6.07, 6.45) is 3.78. The molecule has 0 radical (unpaired) electrons. The van der Waals surface area contributed by atoms with Gasteiger partial charge in [0.2, 0.25) is 0 Å². The smallest absolute Gasteiger partial charge is 0.311 e. The van der Waals surface area contributed by atoms with Gasteiger partial charge in [-0.3, -0.25) is 9.78 Å². The van der Waals surface area contributed by atoms with Crippen LogP contribution >= 0.6 is 31.9 Å². The summed E-state index contributed by atoms with van der Waals surface area (Å²) in [7, 11) is 0. The molecule has 0 aliphatic rings. The zero-order valence-electron chi connectivity index (χ0n) is 9.88. The van der Waals surface area contributed by atoms with Crippen LogP contribution < -0.4 is 0 Å². The molecule has 2 aromatic rings. The molecule has 2 rings (SSSR count). The number of rotatable bonds is 4. The molecule has 1 atom stereocenters. The summed E-state index contributed by atoms with van der Waals surface area (Å²) in [4.78, 5) is 15.5. The normalized spacial score (nSPS) is 12.1. The van der Waals surface area contributed by atoms with Gasteiger partial charge in [-0.05, 0) is 45.6 Å². The largest absolute Gasteiger partial charge is 0.481 e. The van der Waals surface area contributed by atoms with Crippen molar-refractivity contribution in [3.05, 3.63) is 62.8 Å². The monoisotopic (exact) mass is 383 g/mol. The summed E-state index contributed by atoms with van der Waals surface area (Å²) in [5, 5.41) is 9.43. The lowest BCUT2D eigenvalue weighted by molar-refractivity contribution is -0.138. The average molecular weight is 385 g/mol. The van der Waals surface area contributed by atoms with Crippen molar-refractivity contribution < 1.29 is 9.90 Å². The van der Waals surface area contributed by atoms with Crippen LogP contribution in [0.5, 0.6) is 0 Å². The minimum atomic E-state index is -0.841. The number of halogens is 2. The SMILES string of the molecule is O=C(O)C(Cc1cncc(Br)c1)c1ccccc1Br. The number of pyridine rings is 1. The second-order valence-corrected chi connectivity index (χ2v) is 5.90. The Morgan fingerprint density at radius 2 is 2.00 bits per heavy atom. The Morgan fingerprint density at radius 3 is 2.63 bits per heavy atom. The molecule has 0 saturated carbocycles. The maximum atomic E-state index is 11.5. The van der Waals surface area contributed by atoms with E-state index in [9.17, 15) is 9.90 Å². The van der Waals surface area contributed by atoms with Gasteiger partial charge in [0, 0.05) is 21.3 Å². The minimum Gasteiger partial charge on any atom is -0.481 e. The predicted octanol–water partition coefficient (Wildman–Crippen LogP) is 4.02. The Hall–Kier alpha value is -1.20. The second kappa shape index (κ2) is 6.30. The van der Waals surface area contributed by atoms with Crippen LogP contribution in [0.1, 0.15) is 17.0 Å². The van der Waals surface area contributed by atoms with Crippen LogP contribution in [0.2, 0.25) is 0 Å². The molecule has 3 nitrogen and oxygen atoms in total. The van der Waals surface area contributed by atoms with Crippen LogP contribution in [0.15, 0.2) is 51.7 Å². The highest BCUT2D eigenvalue weighted by Gasteiger charge is 2.22. The molecular formula is C14H11Br2NO2. The van der Waals surface area contributed by atoms with Crippen LogP contribution in [0.25, 0.3) is 0 Å². The van der Waals surface area contributed by atoms with E-state index in [1.807, 2.05) is 30.3 Å². The molecular weight excluding hydrogens is 374 g/mol. The van der Waals surface area contributed by atoms with E-state index >= 15 is 0 Å². The van der Waals surface area contributed by atoms with Crippen LogP contribution in [-0.2, 0) is 11.2 Å². The molecule has 1 N–H and O–H groups in total. The van der Waals surface area contributed by atoms with Crippen molar-refractivity contribution in [3.8, 4) is 0 Å². The molecule has 19 heavy (non-hydrogen) atoms. The predicted molar refractivity (Wildman–Crippen MR) is 80.2 cm³/mol. The highest BCUT2D eigenvalue weighted by molar-refractivity contribution is 9.10. The zero-order valence-corrected chi connectivity index (χ0v) is 13.1. The molecule has 0 aliphatic heterocycles. The molecule has 0 bridgehead atoms. The van der Waals surface area contributed by atoms with E-state index in [2.05, 4.69) is 36.8 Å². The Labute approximate surface area is 127 Å². The number of carboxylic acid groups (broad SMARTS) is 1. The number of benzene rings is 1. The minimum absolute atomic E-state index is 0.407. The Morgan fingerprint density at radius 1 is 1.26 bits per heavy atom. The van der Waals surface area contributed by atoms with E-state index < -0.39 is 11.9 Å². The highest BCUT2D eigenvalue weighted by atomic mass is 79.9. The first kappa shape index (κ1) is 14.2. The first-order valence-corrected chi connectivity index (χ1v) is 7.23. The van der Waals surface area contributed by atoms with Crippen LogP contribution in [0, 0.1) is 0 Å². The second-order valence-electron chi connectivity index (χ2n) is 4.13. The number of carbonyl (C=O) groups is 1. The third kappa shape index (κ3) is 3.64. The number of hydrogen-bond donors (Lipinski definition) is 1. The van der Waals surface area contributed by atoms with E-state index in [-0.39, 0.29) is 0 Å². The van der Waals surface area contributed by atoms with Crippen molar-refractivity contribution in [2.24, 2.45) is 0 Å². The van der Waals surface area contributed by atoms with Gasteiger partial charge in [-0.2, -0.15) is 0 Å². The Balaban J connectivity index is 2.32. The van der Waals surface area contributed by atoms with E-state index in [4.69, 9.17) is 0 Å². The van der Waals surface area contributed by atoms with Gasteiger partial charge in [0.1, 0.15) is 0 Å². The van der Waals surface area contributed by atoms with Gasteiger partial charge in [-0.15, -0.1) is 0 Å². The number of aromatic nitrogens is 1. The van der Waals surface area contributed by atoms with E-state index in [0.717, 1.165) is 20.1 Å². The maximum Gasteiger partial charge on any atom is 0.311 e. The fourth-order valence-electron chi connectivity index (χ4n) is 1.89. The van der Waals surface area contributed by atoms with Crippen molar-refractivity contribution in [1.29, 1.82) is 0 Å². The van der Waals surface area contributed by atoms with Gasteiger partial charge in [0.05, 0.1) is 5.92 Å². The third-order valence-corrected chi connectivity index (χ3v) is 3.94. The lowest BCUT2D eigenvalue weighted by Crippen LogP contribution is -2.15. The molecule has 0 aliphatic carbocycles.